The average molecular weight is 550 g/mol. The van der Waals surface area contributed by atoms with Crippen LogP contribution in [0.15, 0.2) is 97.7 Å². The van der Waals surface area contributed by atoms with E-state index in [-0.39, 0.29) is 6.04 Å². The number of benzene rings is 4. The zero-order valence-corrected chi connectivity index (χ0v) is 23.5. The first-order valence-electron chi connectivity index (χ1n) is 14.2. The Labute approximate surface area is 240 Å². The number of alkyl halides is 1. The smallest absolute Gasteiger partial charge is 0.217 e. The van der Waals surface area contributed by atoms with E-state index >= 15 is 0 Å². The van der Waals surface area contributed by atoms with E-state index in [9.17, 15) is 5.11 Å². The number of methoxy groups -OCH3 is 1. The highest BCUT2D eigenvalue weighted by molar-refractivity contribution is 6.24. The van der Waals surface area contributed by atoms with Crippen LogP contribution in [0.3, 0.4) is 0 Å². The molecule has 3 aliphatic rings. The van der Waals surface area contributed by atoms with Crippen LogP contribution in [0, 0.1) is 11.8 Å². The van der Waals surface area contributed by atoms with E-state index in [2.05, 4.69) is 72.2 Å². The molecule has 2 bridgehead atoms. The standard InChI is InChI=1S/C35H34ClN2O2/c1-3-23-21-38(22-31-28-10-6-4-8-25(28)18-26-9-5-7-11-29(26)31)17-15-24(23)19-34(38)35(36,39)32-14-16-37-33-13-12-27(40-2)20-30(32)33/h3-14,16,18,20,23-24,34,39H,1,15,17,19,21-22H2,2H3/q+1/t23?,24?,34?,35?,38-/m1/s1. The first-order chi connectivity index (χ1) is 19.4. The van der Waals surface area contributed by atoms with E-state index < -0.39 is 5.06 Å². The van der Waals surface area contributed by atoms with Crippen molar-refractivity contribution < 1.29 is 14.3 Å². The van der Waals surface area contributed by atoms with Gasteiger partial charge in [0.15, 0.2) is 0 Å². The van der Waals surface area contributed by atoms with Gasteiger partial charge in [0.1, 0.15) is 18.3 Å². The lowest BCUT2D eigenvalue weighted by Crippen LogP contribution is -2.70. The number of fused-ring (bicyclic) bond motifs is 6. The molecule has 5 atom stereocenters. The predicted molar refractivity (Wildman–Crippen MR) is 163 cm³/mol. The van der Waals surface area contributed by atoms with Crippen LogP contribution in [0.2, 0.25) is 0 Å². The van der Waals surface area contributed by atoms with Crippen LogP contribution in [-0.4, -0.2) is 40.8 Å². The molecule has 202 valence electrons. The van der Waals surface area contributed by atoms with Gasteiger partial charge in [0.25, 0.3) is 0 Å². The maximum absolute atomic E-state index is 12.5. The highest BCUT2D eigenvalue weighted by Gasteiger charge is 2.59. The van der Waals surface area contributed by atoms with Crippen LogP contribution in [0.5, 0.6) is 5.75 Å². The van der Waals surface area contributed by atoms with Crippen molar-refractivity contribution in [2.24, 2.45) is 11.8 Å². The van der Waals surface area contributed by atoms with Gasteiger partial charge in [-0.15, -0.1) is 6.58 Å². The van der Waals surface area contributed by atoms with Gasteiger partial charge in [-0.3, -0.25) is 4.98 Å². The van der Waals surface area contributed by atoms with Gasteiger partial charge in [-0.2, -0.15) is 0 Å². The summed E-state index contributed by atoms with van der Waals surface area (Å²) in [5.41, 5.74) is 2.82. The van der Waals surface area contributed by atoms with Crippen molar-refractivity contribution in [1.29, 1.82) is 0 Å². The monoisotopic (exact) mass is 549 g/mol. The van der Waals surface area contributed by atoms with Gasteiger partial charge in [-0.25, -0.2) is 0 Å². The number of nitrogens with zero attached hydrogens (tertiary/aromatic N) is 2. The molecule has 40 heavy (non-hydrogen) atoms. The number of hydrogen-bond donors (Lipinski definition) is 1. The zero-order chi connectivity index (χ0) is 27.5. The Morgan fingerprint density at radius 2 is 1.75 bits per heavy atom. The van der Waals surface area contributed by atoms with Crippen LogP contribution >= 0.6 is 11.6 Å². The molecule has 3 saturated heterocycles. The highest BCUT2D eigenvalue weighted by atomic mass is 35.5. The molecule has 5 aromatic rings. The van der Waals surface area contributed by atoms with Crippen molar-refractivity contribution in [2.45, 2.75) is 30.5 Å². The van der Waals surface area contributed by atoms with E-state index in [1.165, 1.54) is 27.1 Å². The Kier molecular flexibility index (Phi) is 6.12. The maximum atomic E-state index is 12.5. The van der Waals surface area contributed by atoms with Crippen molar-refractivity contribution in [3.63, 3.8) is 0 Å². The van der Waals surface area contributed by atoms with Crippen LogP contribution in [0.4, 0.5) is 0 Å². The summed E-state index contributed by atoms with van der Waals surface area (Å²) < 4.78 is 6.25. The van der Waals surface area contributed by atoms with Crippen LogP contribution < -0.4 is 4.74 Å². The largest absolute Gasteiger partial charge is 0.497 e. The van der Waals surface area contributed by atoms with Crippen molar-refractivity contribution in [3.05, 3.63) is 109 Å². The second-order valence-corrected chi connectivity index (χ2v) is 12.3. The lowest BCUT2D eigenvalue weighted by Gasteiger charge is -2.59. The molecule has 4 heterocycles. The van der Waals surface area contributed by atoms with Crippen molar-refractivity contribution in [2.75, 3.05) is 20.2 Å². The molecule has 4 aromatic carbocycles. The maximum Gasteiger partial charge on any atom is 0.217 e. The number of rotatable bonds is 6. The van der Waals surface area contributed by atoms with Gasteiger partial charge < -0.3 is 14.3 Å². The summed E-state index contributed by atoms with van der Waals surface area (Å²) in [4.78, 5) is 4.56. The summed E-state index contributed by atoms with van der Waals surface area (Å²) in [5, 5.41) is 16.7. The fourth-order valence-corrected chi connectivity index (χ4v) is 8.21. The Bertz CT molecular complexity index is 1710. The third kappa shape index (κ3) is 3.93. The molecule has 0 radical (unpaired) electrons. The minimum absolute atomic E-state index is 0.196. The summed E-state index contributed by atoms with van der Waals surface area (Å²) in [6.07, 6.45) is 5.83. The number of aromatic nitrogens is 1. The summed E-state index contributed by atoms with van der Waals surface area (Å²) >= 11 is 7.44. The van der Waals surface area contributed by atoms with Crippen LogP contribution in [0.25, 0.3) is 32.4 Å². The van der Waals surface area contributed by atoms with E-state index in [1.807, 2.05) is 24.3 Å². The lowest BCUT2D eigenvalue weighted by atomic mass is 9.70. The van der Waals surface area contributed by atoms with Gasteiger partial charge in [0.2, 0.25) is 5.06 Å². The van der Waals surface area contributed by atoms with E-state index in [0.717, 1.165) is 53.6 Å². The van der Waals surface area contributed by atoms with Crippen molar-refractivity contribution in [3.8, 4) is 5.75 Å². The van der Waals surface area contributed by atoms with Gasteiger partial charge in [-0.1, -0.05) is 66.2 Å². The molecule has 3 fully saturated rings. The second-order valence-electron chi connectivity index (χ2n) is 11.7. The normalized spacial score (nSPS) is 25.7. The molecule has 4 unspecified atom stereocenters. The van der Waals surface area contributed by atoms with Crippen molar-refractivity contribution >= 4 is 44.0 Å². The highest BCUT2D eigenvalue weighted by Crippen LogP contribution is 2.52. The first kappa shape index (κ1) is 25.5. The quantitative estimate of drug-likeness (QED) is 0.103. The van der Waals surface area contributed by atoms with Crippen LogP contribution in [0.1, 0.15) is 24.0 Å². The van der Waals surface area contributed by atoms with Gasteiger partial charge in [-0.05, 0) is 57.8 Å². The third-order valence-electron chi connectivity index (χ3n) is 9.74. The lowest BCUT2D eigenvalue weighted by molar-refractivity contribution is -0.986. The Hall–Kier alpha value is -3.44. The van der Waals surface area contributed by atoms with E-state index in [0.29, 0.717) is 17.4 Å². The van der Waals surface area contributed by atoms with Crippen LogP contribution in [-0.2, 0) is 11.6 Å². The van der Waals surface area contributed by atoms with Gasteiger partial charge in [0.05, 0.1) is 25.7 Å². The summed E-state index contributed by atoms with van der Waals surface area (Å²) in [6, 6.07) is 27.1. The SMILES string of the molecule is C=CC1C[N@@+]2(Cc3c4ccccc4cc4ccccc34)CCC1CC2C(O)(Cl)c1ccnc2ccc(OC)cc12. The first-order valence-corrected chi connectivity index (χ1v) is 14.5. The molecule has 1 N–H and O–H groups in total. The molecular formula is C35H34ClN2O2+. The minimum atomic E-state index is -1.58. The number of halogens is 1. The Morgan fingerprint density at radius 1 is 1.02 bits per heavy atom. The van der Waals surface area contributed by atoms with E-state index in [1.54, 1.807) is 13.3 Å². The van der Waals surface area contributed by atoms with Gasteiger partial charge in [0, 0.05) is 41.5 Å². The molecule has 0 spiro atoms. The Balaban J connectivity index is 1.42. The molecule has 8 rings (SSSR count). The molecule has 0 amide bonds. The summed E-state index contributed by atoms with van der Waals surface area (Å²) in [7, 11) is 1.65. The average Bonchev–Trinajstić information content (AvgIpc) is 3.00. The molecule has 0 saturated carbocycles. The molecule has 0 aliphatic carbocycles. The Morgan fingerprint density at radius 3 is 2.45 bits per heavy atom. The summed E-state index contributed by atoms with van der Waals surface area (Å²) in [6.45, 7) is 6.90. The predicted octanol–water partition coefficient (Wildman–Crippen LogP) is 7.55. The molecule has 3 aliphatic heterocycles. The fourth-order valence-electron chi connectivity index (χ4n) is 7.75. The topological polar surface area (TPSA) is 42.4 Å². The number of hydrogen-bond acceptors (Lipinski definition) is 3. The second kappa shape index (κ2) is 9.59. The number of quaternary nitrogens is 1. The molecular weight excluding hydrogens is 516 g/mol. The summed E-state index contributed by atoms with van der Waals surface area (Å²) in [5.74, 6) is 1.57. The third-order valence-corrected chi connectivity index (χ3v) is 10.2. The molecule has 5 heteroatoms. The molecule has 1 aromatic heterocycles. The zero-order valence-electron chi connectivity index (χ0n) is 22.8. The number of pyridine rings is 1. The minimum Gasteiger partial charge on any atom is -0.497 e. The van der Waals surface area contributed by atoms with Crippen molar-refractivity contribution in [1.82, 2.24) is 4.98 Å². The number of ether oxygens (including phenoxy) is 1. The molecule has 4 nitrogen and oxygen atoms in total. The number of piperidine rings is 3. The fraction of sp³-hybridized carbons (Fsp3) is 0.286. The van der Waals surface area contributed by atoms with Gasteiger partial charge >= 0.3 is 0 Å². The van der Waals surface area contributed by atoms with E-state index in [4.69, 9.17) is 16.3 Å². The number of aliphatic hydroxyl groups is 1.